The van der Waals surface area contributed by atoms with Crippen LogP contribution in [0.15, 0.2) is 42.5 Å². The molecule has 35 heavy (non-hydrogen) atoms. The van der Waals surface area contributed by atoms with Crippen molar-refractivity contribution < 1.29 is 18.0 Å². The molecule has 0 aromatic heterocycles. The first-order valence-corrected chi connectivity index (χ1v) is 14.0. The maximum Gasteiger partial charge on any atom is 0.242 e. The second kappa shape index (κ2) is 12.6. The van der Waals surface area contributed by atoms with Crippen molar-refractivity contribution in [3.63, 3.8) is 0 Å². The van der Waals surface area contributed by atoms with Crippen molar-refractivity contribution in [2.75, 3.05) is 17.1 Å². The van der Waals surface area contributed by atoms with Crippen molar-refractivity contribution in [1.82, 2.24) is 10.2 Å². The molecule has 2 aromatic rings. The van der Waals surface area contributed by atoms with Gasteiger partial charge in [-0.1, -0.05) is 47.5 Å². The monoisotopic (exact) mass is 541 g/mol. The number of nitrogens with one attached hydrogen (secondary N) is 1. The smallest absolute Gasteiger partial charge is 0.242 e. The minimum Gasteiger partial charge on any atom is -0.352 e. The lowest BCUT2D eigenvalue weighted by Gasteiger charge is -2.30. The third kappa shape index (κ3) is 8.40. The Labute approximate surface area is 218 Å². The minimum absolute atomic E-state index is 0.0510. The molecule has 0 aliphatic heterocycles. The van der Waals surface area contributed by atoms with Crippen LogP contribution in [-0.4, -0.2) is 50.0 Å². The van der Waals surface area contributed by atoms with Crippen molar-refractivity contribution >= 4 is 50.7 Å². The number of hydrogen-bond acceptors (Lipinski definition) is 4. The van der Waals surface area contributed by atoms with Crippen LogP contribution in [0.4, 0.5) is 5.69 Å². The first-order chi connectivity index (χ1) is 16.3. The van der Waals surface area contributed by atoms with E-state index >= 15 is 0 Å². The molecule has 2 amide bonds. The molecule has 0 radical (unpaired) electrons. The van der Waals surface area contributed by atoms with Gasteiger partial charge in [0, 0.05) is 35.6 Å². The molecule has 192 valence electrons. The van der Waals surface area contributed by atoms with Gasteiger partial charge in [-0.25, -0.2) is 8.42 Å². The average Bonchev–Trinajstić information content (AvgIpc) is 2.76. The number of sulfonamides is 1. The zero-order chi connectivity index (χ0) is 26.3. The van der Waals surface area contributed by atoms with Crippen molar-refractivity contribution in [2.45, 2.75) is 59.2 Å². The van der Waals surface area contributed by atoms with E-state index in [4.69, 9.17) is 23.2 Å². The number of benzene rings is 2. The van der Waals surface area contributed by atoms with Gasteiger partial charge in [0.1, 0.15) is 6.04 Å². The molecule has 2 rings (SSSR count). The van der Waals surface area contributed by atoms with Gasteiger partial charge in [-0.15, -0.1) is 0 Å². The predicted octanol–water partition coefficient (Wildman–Crippen LogP) is 4.79. The maximum absolute atomic E-state index is 13.3. The summed E-state index contributed by atoms with van der Waals surface area (Å²) in [6.07, 6.45) is 1.43. The second-order valence-electron chi connectivity index (χ2n) is 8.82. The summed E-state index contributed by atoms with van der Waals surface area (Å²) < 4.78 is 26.3. The molecule has 1 N–H and O–H groups in total. The third-order valence-corrected chi connectivity index (χ3v) is 7.27. The highest BCUT2D eigenvalue weighted by molar-refractivity contribution is 7.92. The number of carbonyl (C=O) groups excluding carboxylic acids is 2. The van der Waals surface area contributed by atoms with Gasteiger partial charge in [0.05, 0.1) is 11.9 Å². The lowest BCUT2D eigenvalue weighted by Crippen LogP contribution is -2.49. The van der Waals surface area contributed by atoms with E-state index in [-0.39, 0.29) is 43.8 Å². The standard InChI is InChI=1S/C25H33Cl2N3O4S/c1-17(2)28-25(32)19(4)29(16-20-9-6-7-10-22(20)27)24(31)11-8-14-30(35(5,33)34)23-15-21(26)13-12-18(23)3/h6-7,9-10,12-13,15,17,19H,8,11,14,16H2,1-5H3,(H,28,32). The Morgan fingerprint density at radius 1 is 1.06 bits per heavy atom. The molecule has 0 aliphatic carbocycles. The molecular weight excluding hydrogens is 509 g/mol. The van der Waals surface area contributed by atoms with E-state index < -0.39 is 16.1 Å². The molecule has 0 saturated heterocycles. The highest BCUT2D eigenvalue weighted by atomic mass is 35.5. The molecule has 1 unspecified atom stereocenters. The zero-order valence-electron chi connectivity index (χ0n) is 20.7. The summed E-state index contributed by atoms with van der Waals surface area (Å²) in [6, 6.07) is 11.4. The normalized spacial score (nSPS) is 12.3. The number of carbonyl (C=O) groups is 2. The molecule has 1 atom stereocenters. The van der Waals surface area contributed by atoms with Gasteiger partial charge in [0.25, 0.3) is 0 Å². The Kier molecular flexibility index (Phi) is 10.4. The fourth-order valence-electron chi connectivity index (χ4n) is 3.63. The molecule has 0 spiro atoms. The van der Waals surface area contributed by atoms with Gasteiger partial charge in [-0.2, -0.15) is 0 Å². The topological polar surface area (TPSA) is 86.8 Å². The Hall–Kier alpha value is -2.29. The summed E-state index contributed by atoms with van der Waals surface area (Å²) in [5.41, 5.74) is 1.95. The fourth-order valence-corrected chi connectivity index (χ4v) is 5.01. The minimum atomic E-state index is -3.60. The molecule has 0 bridgehead atoms. The Bertz CT molecular complexity index is 1160. The summed E-state index contributed by atoms with van der Waals surface area (Å²) in [6.45, 7) is 7.43. The first kappa shape index (κ1) is 28.9. The first-order valence-electron chi connectivity index (χ1n) is 11.4. The van der Waals surface area contributed by atoms with Crippen LogP contribution in [0.5, 0.6) is 0 Å². The van der Waals surface area contributed by atoms with Crippen LogP contribution in [0.25, 0.3) is 0 Å². The molecule has 2 aromatic carbocycles. The largest absolute Gasteiger partial charge is 0.352 e. The van der Waals surface area contributed by atoms with Gasteiger partial charge in [-0.05, 0) is 63.4 Å². The maximum atomic E-state index is 13.3. The fraction of sp³-hybridized carbons (Fsp3) is 0.440. The second-order valence-corrected chi connectivity index (χ2v) is 11.6. The van der Waals surface area contributed by atoms with Crippen molar-refractivity contribution in [2.24, 2.45) is 0 Å². The summed E-state index contributed by atoms with van der Waals surface area (Å²) in [4.78, 5) is 27.5. The molecular formula is C25H33Cl2N3O4S. The van der Waals surface area contributed by atoms with Crippen LogP contribution in [-0.2, 0) is 26.2 Å². The third-order valence-electron chi connectivity index (χ3n) is 5.49. The van der Waals surface area contributed by atoms with Gasteiger partial charge < -0.3 is 10.2 Å². The Morgan fingerprint density at radius 2 is 1.71 bits per heavy atom. The highest BCUT2D eigenvalue weighted by Crippen LogP contribution is 2.27. The summed E-state index contributed by atoms with van der Waals surface area (Å²) in [5.74, 6) is -0.541. The van der Waals surface area contributed by atoms with Crippen LogP contribution < -0.4 is 9.62 Å². The van der Waals surface area contributed by atoms with Crippen LogP contribution >= 0.6 is 23.2 Å². The molecule has 0 heterocycles. The van der Waals surface area contributed by atoms with Gasteiger partial charge in [0.15, 0.2) is 0 Å². The van der Waals surface area contributed by atoms with Crippen molar-refractivity contribution in [1.29, 1.82) is 0 Å². The van der Waals surface area contributed by atoms with Gasteiger partial charge in [-0.3, -0.25) is 13.9 Å². The van der Waals surface area contributed by atoms with E-state index in [0.29, 0.717) is 15.7 Å². The highest BCUT2D eigenvalue weighted by Gasteiger charge is 2.27. The summed E-state index contributed by atoms with van der Waals surface area (Å²) in [7, 11) is -3.60. The molecule has 0 saturated carbocycles. The molecule has 0 aliphatic rings. The lowest BCUT2D eigenvalue weighted by atomic mass is 10.1. The summed E-state index contributed by atoms with van der Waals surface area (Å²) in [5, 5.41) is 3.76. The van der Waals surface area contributed by atoms with E-state index in [1.165, 1.54) is 9.21 Å². The number of anilines is 1. The molecule has 7 nitrogen and oxygen atoms in total. The van der Waals surface area contributed by atoms with Crippen LogP contribution in [0.1, 0.15) is 44.7 Å². The van der Waals surface area contributed by atoms with Gasteiger partial charge in [0.2, 0.25) is 21.8 Å². The van der Waals surface area contributed by atoms with Crippen molar-refractivity contribution in [3.05, 3.63) is 63.6 Å². The van der Waals surface area contributed by atoms with E-state index in [9.17, 15) is 18.0 Å². The molecule has 0 fully saturated rings. The summed E-state index contributed by atoms with van der Waals surface area (Å²) >= 11 is 12.4. The van der Waals surface area contributed by atoms with Crippen molar-refractivity contribution in [3.8, 4) is 0 Å². The van der Waals surface area contributed by atoms with E-state index in [2.05, 4.69) is 5.32 Å². The van der Waals surface area contributed by atoms with E-state index in [1.54, 1.807) is 44.2 Å². The molecule has 10 heteroatoms. The number of nitrogens with zero attached hydrogens (tertiary/aromatic N) is 2. The number of amides is 2. The lowest BCUT2D eigenvalue weighted by molar-refractivity contribution is -0.140. The Balaban J connectivity index is 2.22. The quantitative estimate of drug-likeness (QED) is 0.443. The van der Waals surface area contributed by atoms with E-state index in [0.717, 1.165) is 17.4 Å². The average molecular weight is 543 g/mol. The van der Waals surface area contributed by atoms with Crippen LogP contribution in [0.3, 0.4) is 0 Å². The zero-order valence-corrected chi connectivity index (χ0v) is 23.0. The number of rotatable bonds is 11. The Morgan fingerprint density at radius 3 is 2.31 bits per heavy atom. The number of aryl methyl sites for hydroxylation is 1. The number of halogens is 2. The van der Waals surface area contributed by atoms with Crippen LogP contribution in [0.2, 0.25) is 10.0 Å². The van der Waals surface area contributed by atoms with E-state index in [1.807, 2.05) is 26.0 Å². The van der Waals surface area contributed by atoms with Gasteiger partial charge >= 0.3 is 0 Å². The number of hydrogen-bond donors (Lipinski definition) is 1. The van der Waals surface area contributed by atoms with Crippen LogP contribution in [0, 0.1) is 6.92 Å². The SMILES string of the molecule is Cc1ccc(Cl)cc1N(CCCC(=O)N(Cc1ccccc1Cl)C(C)C(=O)NC(C)C)S(C)(=O)=O. The predicted molar refractivity (Wildman–Crippen MR) is 142 cm³/mol.